The first-order valence-electron chi connectivity index (χ1n) is 7.18. The van der Waals surface area contributed by atoms with Crippen LogP contribution >= 0.6 is 0 Å². The second-order valence-corrected chi connectivity index (χ2v) is 7.68. The van der Waals surface area contributed by atoms with Gasteiger partial charge in [-0.3, -0.25) is 0 Å². The molecule has 0 amide bonds. The number of hydrogen-bond acceptors (Lipinski definition) is 2. The predicted molar refractivity (Wildman–Crippen MR) is 81.7 cm³/mol. The van der Waals surface area contributed by atoms with E-state index in [4.69, 9.17) is 4.74 Å². The van der Waals surface area contributed by atoms with Crippen molar-refractivity contribution < 1.29 is 4.74 Å². The van der Waals surface area contributed by atoms with Crippen LogP contribution in [0.25, 0.3) is 0 Å². The molecule has 19 heavy (non-hydrogen) atoms. The van der Waals surface area contributed by atoms with Crippen molar-refractivity contribution in [2.45, 2.75) is 60.8 Å². The van der Waals surface area contributed by atoms with E-state index in [0.717, 1.165) is 18.9 Å². The van der Waals surface area contributed by atoms with Gasteiger partial charge in [0.1, 0.15) is 0 Å². The van der Waals surface area contributed by atoms with E-state index in [-0.39, 0.29) is 5.41 Å². The van der Waals surface area contributed by atoms with Crippen LogP contribution in [-0.4, -0.2) is 11.6 Å². The average molecular weight is 263 g/mol. The van der Waals surface area contributed by atoms with Gasteiger partial charge >= 0.3 is 0 Å². The van der Waals surface area contributed by atoms with Crippen molar-refractivity contribution in [2.75, 3.05) is 6.61 Å². The smallest absolute Gasteiger partial charge is 0.213 e. The van der Waals surface area contributed by atoms with Gasteiger partial charge < -0.3 is 4.74 Å². The number of rotatable bonds is 4. The summed E-state index contributed by atoms with van der Waals surface area (Å²) >= 11 is 0. The minimum absolute atomic E-state index is 0.260. The zero-order chi connectivity index (χ0) is 14.7. The summed E-state index contributed by atoms with van der Waals surface area (Å²) in [5, 5.41) is 0. The maximum absolute atomic E-state index is 5.69. The molecule has 1 atom stereocenters. The molecule has 0 N–H and O–H groups in total. The first kappa shape index (κ1) is 16.0. The lowest BCUT2D eigenvalue weighted by atomic mass is 9.78. The summed E-state index contributed by atoms with van der Waals surface area (Å²) in [5.41, 5.74) is 1.84. The van der Waals surface area contributed by atoms with E-state index < -0.39 is 0 Å². The predicted octanol–water partition coefficient (Wildman–Crippen LogP) is 5.05. The van der Waals surface area contributed by atoms with Gasteiger partial charge in [-0.15, -0.1) is 0 Å². The fourth-order valence-electron chi connectivity index (χ4n) is 1.70. The molecule has 0 bridgehead atoms. The van der Waals surface area contributed by atoms with E-state index >= 15 is 0 Å². The lowest BCUT2D eigenvalue weighted by molar-refractivity contribution is 0.236. The molecule has 1 unspecified atom stereocenters. The van der Waals surface area contributed by atoms with Gasteiger partial charge in [0.2, 0.25) is 5.88 Å². The molecule has 0 fully saturated rings. The lowest BCUT2D eigenvalue weighted by Crippen LogP contribution is -2.15. The number of hydrogen-bond donors (Lipinski definition) is 0. The van der Waals surface area contributed by atoms with Gasteiger partial charge in [-0.1, -0.05) is 54.5 Å². The first-order valence-corrected chi connectivity index (χ1v) is 7.18. The van der Waals surface area contributed by atoms with Crippen LogP contribution in [0, 0.1) is 10.8 Å². The molecule has 1 rings (SSSR count). The first-order chi connectivity index (χ1) is 8.59. The molecule has 0 aliphatic rings. The van der Waals surface area contributed by atoms with Crippen LogP contribution in [0.5, 0.6) is 5.88 Å². The number of nitrogens with zero attached hydrogens (tertiary/aromatic N) is 1. The molecule has 1 aromatic heterocycles. The van der Waals surface area contributed by atoms with E-state index in [9.17, 15) is 0 Å². The van der Waals surface area contributed by atoms with Crippen molar-refractivity contribution >= 4 is 0 Å². The fourth-order valence-corrected chi connectivity index (χ4v) is 1.70. The molecule has 108 valence electrons. The molecule has 0 radical (unpaired) electrons. The van der Waals surface area contributed by atoms with Crippen LogP contribution in [0.4, 0.5) is 0 Å². The van der Waals surface area contributed by atoms with Crippen LogP contribution in [0.3, 0.4) is 0 Å². The summed E-state index contributed by atoms with van der Waals surface area (Å²) in [5.74, 6) is 1.22. The Morgan fingerprint density at radius 2 is 1.74 bits per heavy atom. The normalized spacial score (nSPS) is 14.3. The van der Waals surface area contributed by atoms with Crippen molar-refractivity contribution in [1.29, 1.82) is 0 Å². The highest BCUT2D eigenvalue weighted by atomic mass is 16.5. The molecule has 0 aromatic carbocycles. The molecular weight excluding hydrogens is 234 g/mol. The van der Waals surface area contributed by atoms with Crippen LogP contribution < -0.4 is 4.74 Å². The maximum atomic E-state index is 5.69. The fraction of sp³-hybridized carbons (Fsp3) is 0.706. The van der Waals surface area contributed by atoms with E-state index in [1.54, 1.807) is 0 Å². The van der Waals surface area contributed by atoms with Gasteiger partial charge in [0.05, 0.1) is 6.61 Å². The molecule has 0 aliphatic carbocycles. The Hall–Kier alpha value is -1.05. The Bertz CT molecular complexity index is 381. The highest BCUT2D eigenvalue weighted by Gasteiger charge is 2.21. The second kappa shape index (κ2) is 5.94. The third-order valence-corrected chi connectivity index (χ3v) is 3.66. The molecule has 0 saturated heterocycles. The number of pyridine rings is 1. The summed E-state index contributed by atoms with van der Waals surface area (Å²) in [7, 11) is 0. The van der Waals surface area contributed by atoms with Gasteiger partial charge in [-0.25, -0.2) is 4.98 Å². The van der Waals surface area contributed by atoms with Gasteiger partial charge in [0, 0.05) is 12.3 Å². The van der Waals surface area contributed by atoms with Gasteiger partial charge in [0.15, 0.2) is 0 Å². The van der Waals surface area contributed by atoms with Crippen molar-refractivity contribution in [3.8, 4) is 5.88 Å². The molecular formula is C17H29NO. The number of aromatic nitrogens is 1. The summed E-state index contributed by atoms with van der Waals surface area (Å²) in [4.78, 5) is 4.41. The summed E-state index contributed by atoms with van der Waals surface area (Å²) in [6, 6.07) is 4.12. The van der Waals surface area contributed by atoms with Gasteiger partial charge in [-0.05, 0) is 28.7 Å². The quantitative estimate of drug-likeness (QED) is 0.758. The van der Waals surface area contributed by atoms with Crippen LogP contribution in [-0.2, 0) is 0 Å². The Morgan fingerprint density at radius 3 is 2.16 bits per heavy atom. The van der Waals surface area contributed by atoms with Crippen molar-refractivity contribution in [3.63, 3.8) is 0 Å². The molecule has 1 aromatic rings. The monoisotopic (exact) mass is 263 g/mol. The lowest BCUT2D eigenvalue weighted by Gasteiger charge is -2.27. The van der Waals surface area contributed by atoms with Crippen LogP contribution in [0.1, 0.15) is 66.4 Å². The van der Waals surface area contributed by atoms with E-state index in [2.05, 4.69) is 59.5 Å². The molecule has 1 heterocycles. The Balaban J connectivity index is 2.57. The number of ether oxygens (including phenoxy) is 1. The molecule has 0 spiro atoms. The molecule has 2 nitrogen and oxygen atoms in total. The van der Waals surface area contributed by atoms with Crippen LogP contribution in [0.2, 0.25) is 0 Å². The van der Waals surface area contributed by atoms with E-state index in [0.29, 0.717) is 11.3 Å². The van der Waals surface area contributed by atoms with Gasteiger partial charge in [0.25, 0.3) is 0 Å². The van der Waals surface area contributed by atoms with Gasteiger partial charge in [-0.2, -0.15) is 0 Å². The third kappa shape index (κ3) is 5.63. The summed E-state index contributed by atoms with van der Waals surface area (Å²) in [6.45, 7) is 16.4. The highest BCUT2D eigenvalue weighted by molar-refractivity contribution is 5.22. The molecule has 0 saturated carbocycles. The second-order valence-electron chi connectivity index (χ2n) is 7.68. The zero-order valence-electron chi connectivity index (χ0n) is 13.6. The highest BCUT2D eigenvalue weighted by Crippen LogP contribution is 2.34. The minimum atomic E-state index is 0.260. The summed E-state index contributed by atoms with van der Waals surface area (Å²) in [6.07, 6.45) is 2.98. The largest absolute Gasteiger partial charge is 0.478 e. The third-order valence-electron chi connectivity index (χ3n) is 3.66. The maximum Gasteiger partial charge on any atom is 0.213 e. The van der Waals surface area contributed by atoms with Crippen molar-refractivity contribution in [3.05, 3.63) is 23.9 Å². The van der Waals surface area contributed by atoms with E-state index in [1.807, 2.05) is 12.3 Å². The van der Waals surface area contributed by atoms with Crippen molar-refractivity contribution in [1.82, 2.24) is 4.98 Å². The minimum Gasteiger partial charge on any atom is -0.478 e. The Kier molecular flexibility index (Phi) is 5.00. The Morgan fingerprint density at radius 1 is 1.11 bits per heavy atom. The standard InChI is InChI=1S/C17H29NO/c1-13(17(5,6)7)14-8-9-15(18-12-14)19-11-10-16(2,3)4/h8-9,12-13H,10-11H2,1-7H3. The van der Waals surface area contributed by atoms with Crippen molar-refractivity contribution in [2.24, 2.45) is 10.8 Å². The average Bonchev–Trinajstić information content (AvgIpc) is 2.26. The van der Waals surface area contributed by atoms with E-state index in [1.165, 1.54) is 5.56 Å². The molecule has 0 aliphatic heterocycles. The summed E-state index contributed by atoms with van der Waals surface area (Å²) < 4.78 is 5.69. The SMILES string of the molecule is CC(c1ccc(OCCC(C)(C)C)nc1)C(C)(C)C. The molecule has 2 heteroatoms. The van der Waals surface area contributed by atoms with Crippen LogP contribution in [0.15, 0.2) is 18.3 Å². The Labute approximate surface area is 118 Å². The topological polar surface area (TPSA) is 22.1 Å². The zero-order valence-corrected chi connectivity index (χ0v) is 13.6.